The highest BCUT2D eigenvalue weighted by atomic mass is 32.2. The minimum absolute atomic E-state index is 0.0638. The SMILES string of the molecule is Cc1noc(C)c1S(=O)(=O)Nc1cccc(S(=O)(=O)NC2=NCCC2)c1. The fourth-order valence-electron chi connectivity index (χ4n) is 2.63. The van der Waals surface area contributed by atoms with Gasteiger partial charge in [0.1, 0.15) is 11.5 Å². The van der Waals surface area contributed by atoms with Crippen molar-refractivity contribution in [2.24, 2.45) is 4.99 Å². The van der Waals surface area contributed by atoms with Gasteiger partial charge in [0, 0.05) is 13.0 Å². The molecule has 0 atom stereocenters. The smallest absolute Gasteiger partial charge is 0.267 e. The summed E-state index contributed by atoms with van der Waals surface area (Å²) in [5, 5.41) is 3.63. The van der Waals surface area contributed by atoms with E-state index in [1.165, 1.54) is 38.1 Å². The van der Waals surface area contributed by atoms with Crippen molar-refractivity contribution in [3.05, 3.63) is 35.7 Å². The zero-order valence-electron chi connectivity index (χ0n) is 14.2. The maximum Gasteiger partial charge on any atom is 0.267 e. The molecule has 0 unspecified atom stereocenters. The average Bonchev–Trinajstić information content (AvgIpc) is 3.16. The Labute approximate surface area is 151 Å². The zero-order valence-corrected chi connectivity index (χ0v) is 15.8. The van der Waals surface area contributed by atoms with Gasteiger partial charge in [-0.1, -0.05) is 11.2 Å². The van der Waals surface area contributed by atoms with Crippen LogP contribution in [0.3, 0.4) is 0 Å². The number of nitrogens with zero attached hydrogens (tertiary/aromatic N) is 2. The van der Waals surface area contributed by atoms with Crippen LogP contribution in [-0.2, 0) is 20.0 Å². The van der Waals surface area contributed by atoms with Crippen molar-refractivity contribution in [1.82, 2.24) is 9.88 Å². The third-order valence-electron chi connectivity index (χ3n) is 3.76. The summed E-state index contributed by atoms with van der Waals surface area (Å²) in [4.78, 5) is 3.95. The number of sulfonamides is 2. The lowest BCUT2D eigenvalue weighted by atomic mass is 10.3. The van der Waals surface area contributed by atoms with Crippen LogP contribution >= 0.6 is 0 Å². The highest BCUT2D eigenvalue weighted by Gasteiger charge is 2.25. The second-order valence-electron chi connectivity index (χ2n) is 5.82. The number of hydrogen-bond acceptors (Lipinski definition) is 7. The molecule has 2 N–H and O–H groups in total. The Balaban J connectivity index is 1.88. The topological polar surface area (TPSA) is 131 Å². The van der Waals surface area contributed by atoms with E-state index in [0.717, 1.165) is 6.42 Å². The van der Waals surface area contributed by atoms with E-state index in [2.05, 4.69) is 19.6 Å². The number of aliphatic imine (C=N–C) groups is 1. The van der Waals surface area contributed by atoms with E-state index in [9.17, 15) is 16.8 Å². The molecule has 0 saturated carbocycles. The molecule has 1 aromatic carbocycles. The molecule has 140 valence electrons. The van der Waals surface area contributed by atoms with Crippen LogP contribution in [0.1, 0.15) is 24.3 Å². The normalized spacial score (nSPS) is 14.9. The molecule has 11 heteroatoms. The average molecular weight is 398 g/mol. The summed E-state index contributed by atoms with van der Waals surface area (Å²) in [5.41, 5.74) is 0.334. The molecule has 0 saturated heterocycles. The lowest BCUT2D eigenvalue weighted by Gasteiger charge is -2.11. The second-order valence-corrected chi connectivity index (χ2v) is 9.13. The fraction of sp³-hybridized carbons (Fsp3) is 0.333. The summed E-state index contributed by atoms with van der Waals surface area (Å²) < 4.78 is 59.7. The first-order valence-corrected chi connectivity index (χ1v) is 10.8. The van der Waals surface area contributed by atoms with Crippen LogP contribution in [0.5, 0.6) is 0 Å². The highest BCUT2D eigenvalue weighted by Crippen LogP contribution is 2.24. The van der Waals surface area contributed by atoms with E-state index in [4.69, 9.17) is 4.52 Å². The molecule has 9 nitrogen and oxygen atoms in total. The number of aryl methyl sites for hydroxylation is 2. The number of rotatable bonds is 5. The first-order chi connectivity index (χ1) is 12.2. The molecule has 2 aromatic rings. The van der Waals surface area contributed by atoms with Crippen LogP contribution in [-0.4, -0.2) is 34.4 Å². The van der Waals surface area contributed by atoms with Gasteiger partial charge in [0.15, 0.2) is 10.7 Å². The van der Waals surface area contributed by atoms with Gasteiger partial charge in [-0.2, -0.15) is 0 Å². The number of benzene rings is 1. The van der Waals surface area contributed by atoms with Crippen molar-refractivity contribution in [2.45, 2.75) is 36.5 Å². The summed E-state index contributed by atoms with van der Waals surface area (Å²) in [7, 11) is -7.80. The third kappa shape index (κ3) is 3.73. The maximum absolute atomic E-state index is 12.5. The maximum atomic E-state index is 12.5. The number of anilines is 1. The summed E-state index contributed by atoms with van der Waals surface area (Å²) in [6.07, 6.45) is 1.37. The number of amidine groups is 1. The molecule has 1 aliphatic rings. The van der Waals surface area contributed by atoms with Crippen LogP contribution in [0.4, 0.5) is 5.69 Å². The van der Waals surface area contributed by atoms with Crippen LogP contribution in [0.15, 0.2) is 43.6 Å². The molecule has 1 aliphatic heterocycles. The Bertz CT molecular complexity index is 1050. The van der Waals surface area contributed by atoms with Crippen molar-refractivity contribution in [3.63, 3.8) is 0 Å². The van der Waals surface area contributed by atoms with E-state index in [0.29, 0.717) is 18.8 Å². The van der Waals surface area contributed by atoms with Gasteiger partial charge < -0.3 is 4.52 Å². The summed E-state index contributed by atoms with van der Waals surface area (Å²) in [6, 6.07) is 5.54. The van der Waals surface area contributed by atoms with Crippen LogP contribution < -0.4 is 9.44 Å². The van der Waals surface area contributed by atoms with Crippen LogP contribution in [0, 0.1) is 13.8 Å². The van der Waals surface area contributed by atoms with Crippen molar-refractivity contribution in [1.29, 1.82) is 0 Å². The van der Waals surface area contributed by atoms with Crippen molar-refractivity contribution < 1.29 is 21.4 Å². The molecule has 2 heterocycles. The Morgan fingerprint density at radius 2 is 1.85 bits per heavy atom. The van der Waals surface area contributed by atoms with Crippen molar-refractivity contribution in [2.75, 3.05) is 11.3 Å². The van der Waals surface area contributed by atoms with Gasteiger partial charge >= 0.3 is 0 Å². The number of aromatic nitrogens is 1. The van der Waals surface area contributed by atoms with Gasteiger partial charge in [-0.15, -0.1) is 0 Å². The molecule has 3 rings (SSSR count). The largest absolute Gasteiger partial charge is 0.360 e. The summed E-state index contributed by atoms with van der Waals surface area (Å²) in [6.45, 7) is 3.59. The van der Waals surface area contributed by atoms with Crippen LogP contribution in [0.2, 0.25) is 0 Å². The molecule has 0 radical (unpaired) electrons. The van der Waals surface area contributed by atoms with Gasteiger partial charge in [0.2, 0.25) is 0 Å². The van der Waals surface area contributed by atoms with E-state index in [1.807, 2.05) is 0 Å². The van der Waals surface area contributed by atoms with Gasteiger partial charge in [-0.3, -0.25) is 14.4 Å². The van der Waals surface area contributed by atoms with E-state index in [-0.39, 0.29) is 26.9 Å². The zero-order chi connectivity index (χ0) is 18.9. The lowest BCUT2D eigenvalue weighted by Crippen LogP contribution is -2.29. The van der Waals surface area contributed by atoms with E-state index in [1.54, 1.807) is 0 Å². The lowest BCUT2D eigenvalue weighted by molar-refractivity contribution is 0.390. The van der Waals surface area contributed by atoms with Crippen LogP contribution in [0.25, 0.3) is 0 Å². The number of nitrogens with one attached hydrogen (secondary N) is 2. The highest BCUT2D eigenvalue weighted by molar-refractivity contribution is 7.92. The minimum Gasteiger partial charge on any atom is -0.360 e. The van der Waals surface area contributed by atoms with E-state index < -0.39 is 20.0 Å². The number of hydrogen-bond donors (Lipinski definition) is 2. The Morgan fingerprint density at radius 3 is 2.46 bits per heavy atom. The molecule has 0 bridgehead atoms. The first kappa shape index (κ1) is 18.4. The quantitative estimate of drug-likeness (QED) is 0.786. The summed E-state index contributed by atoms with van der Waals surface area (Å²) in [5.74, 6) is 0.561. The first-order valence-electron chi connectivity index (χ1n) is 7.81. The Hall–Kier alpha value is -2.40. The van der Waals surface area contributed by atoms with Gasteiger partial charge in [-0.25, -0.2) is 16.8 Å². The molecule has 0 spiro atoms. The molecule has 0 fully saturated rings. The predicted molar refractivity (Wildman–Crippen MR) is 95.1 cm³/mol. The molecular formula is C15H18N4O5S2. The predicted octanol–water partition coefficient (Wildman–Crippen LogP) is 1.56. The van der Waals surface area contributed by atoms with E-state index >= 15 is 0 Å². The monoisotopic (exact) mass is 398 g/mol. The third-order valence-corrected chi connectivity index (χ3v) is 6.76. The molecular weight excluding hydrogens is 380 g/mol. The molecule has 26 heavy (non-hydrogen) atoms. The second kappa shape index (κ2) is 6.72. The Morgan fingerprint density at radius 1 is 1.08 bits per heavy atom. The fourth-order valence-corrected chi connectivity index (χ4v) is 5.14. The molecule has 1 aromatic heterocycles. The van der Waals surface area contributed by atoms with Crippen molar-refractivity contribution in [3.8, 4) is 0 Å². The minimum atomic E-state index is -3.96. The van der Waals surface area contributed by atoms with Gasteiger partial charge in [-0.05, 0) is 38.5 Å². The van der Waals surface area contributed by atoms with Crippen molar-refractivity contribution >= 4 is 31.6 Å². The summed E-state index contributed by atoms with van der Waals surface area (Å²) >= 11 is 0. The standard InChI is InChI=1S/C15H18N4O5S2/c1-10-15(11(2)24-17-10)26(22,23)18-12-5-3-6-13(9-12)25(20,21)19-14-7-4-8-16-14/h3,5-6,9,18H,4,7-8H2,1-2H3,(H,16,19). The van der Waals surface area contributed by atoms with Gasteiger partial charge in [0.25, 0.3) is 20.0 Å². The molecule has 0 aliphatic carbocycles. The van der Waals surface area contributed by atoms with Gasteiger partial charge in [0.05, 0.1) is 10.6 Å². The Kier molecular flexibility index (Phi) is 4.76. The molecule has 0 amide bonds.